The van der Waals surface area contributed by atoms with Crippen molar-refractivity contribution in [2.45, 2.75) is 18.4 Å². The molecule has 0 spiro atoms. The van der Waals surface area contributed by atoms with Gasteiger partial charge in [0.05, 0.1) is 24.8 Å². The molecule has 2 aromatic carbocycles. The predicted octanol–water partition coefficient (Wildman–Crippen LogP) is 2.62. The summed E-state index contributed by atoms with van der Waals surface area (Å²) in [6, 6.07) is 10.8. The molecule has 4 N–H and O–H groups in total. The minimum absolute atomic E-state index is 0.000698. The molecule has 0 aliphatic carbocycles. The van der Waals surface area contributed by atoms with Gasteiger partial charge in [0.15, 0.2) is 6.10 Å². The first-order valence-corrected chi connectivity index (χ1v) is 11.1. The number of halogens is 3. The maximum Gasteiger partial charge on any atom is 0.417 e. The highest BCUT2D eigenvalue weighted by molar-refractivity contribution is 5.94. The Balaban J connectivity index is 1.50. The number of cyclic esters (lactones) is 1. The summed E-state index contributed by atoms with van der Waals surface area (Å²) >= 11 is 0. The van der Waals surface area contributed by atoms with Gasteiger partial charge in [-0.1, -0.05) is 24.3 Å². The molecular weight excluding hydrogens is 499 g/mol. The van der Waals surface area contributed by atoms with Crippen LogP contribution in [0.5, 0.6) is 0 Å². The average molecular weight is 521 g/mol. The van der Waals surface area contributed by atoms with E-state index >= 15 is 0 Å². The van der Waals surface area contributed by atoms with Gasteiger partial charge in [-0.25, -0.2) is 9.59 Å². The smallest absolute Gasteiger partial charge is 0.417 e. The number of H-pyrrole nitrogens is 1. The van der Waals surface area contributed by atoms with Crippen LogP contribution in [0.25, 0.3) is 22.0 Å². The van der Waals surface area contributed by atoms with Crippen molar-refractivity contribution in [3.63, 3.8) is 0 Å². The van der Waals surface area contributed by atoms with E-state index in [2.05, 4.69) is 10.3 Å². The van der Waals surface area contributed by atoms with Crippen LogP contribution in [0, 0.1) is 0 Å². The van der Waals surface area contributed by atoms with E-state index in [0.29, 0.717) is 11.1 Å². The van der Waals surface area contributed by atoms with E-state index in [1.165, 1.54) is 47.4 Å². The van der Waals surface area contributed by atoms with Crippen molar-refractivity contribution in [3.05, 3.63) is 64.4 Å². The minimum Gasteiger partial charge on any atom is -0.446 e. The van der Waals surface area contributed by atoms with Crippen LogP contribution >= 0.6 is 0 Å². The Morgan fingerprint density at radius 3 is 2.70 bits per heavy atom. The topological polar surface area (TPSA) is 141 Å². The fourth-order valence-corrected chi connectivity index (χ4v) is 3.83. The second kappa shape index (κ2) is 10.5. The summed E-state index contributed by atoms with van der Waals surface area (Å²) in [6.45, 7) is -1.03. The van der Waals surface area contributed by atoms with Gasteiger partial charge < -0.3 is 30.0 Å². The molecule has 1 unspecified atom stereocenters. The minimum atomic E-state index is -4.61. The number of carbonyl (C=O) groups excluding carboxylic acids is 2. The lowest BCUT2D eigenvalue weighted by Crippen LogP contribution is -2.36. The zero-order chi connectivity index (χ0) is 26.7. The fourth-order valence-electron chi connectivity index (χ4n) is 3.83. The van der Waals surface area contributed by atoms with E-state index in [1.54, 1.807) is 0 Å². The van der Waals surface area contributed by atoms with Crippen LogP contribution in [0.15, 0.2) is 53.3 Å². The monoisotopic (exact) mass is 521 g/mol. The van der Waals surface area contributed by atoms with Gasteiger partial charge in [-0.3, -0.25) is 9.69 Å². The second-order valence-corrected chi connectivity index (χ2v) is 8.26. The summed E-state index contributed by atoms with van der Waals surface area (Å²) in [5.74, 6) is 0. The predicted molar refractivity (Wildman–Crippen MR) is 125 cm³/mol. The summed E-state index contributed by atoms with van der Waals surface area (Å²) in [7, 11) is 0. The van der Waals surface area contributed by atoms with E-state index in [9.17, 15) is 32.7 Å². The van der Waals surface area contributed by atoms with Crippen molar-refractivity contribution in [2.24, 2.45) is 0 Å². The molecule has 0 saturated carbocycles. The summed E-state index contributed by atoms with van der Waals surface area (Å²) in [5, 5.41) is 20.7. The normalized spacial score (nSPS) is 16.5. The maximum absolute atomic E-state index is 13.4. The number of aliphatic hydroxyl groups excluding tert-OH is 2. The Labute approximate surface area is 207 Å². The van der Waals surface area contributed by atoms with Gasteiger partial charge in [0.25, 0.3) is 5.56 Å². The number of carbonyl (C=O) groups is 2. The van der Waals surface area contributed by atoms with Crippen LogP contribution in [0.1, 0.15) is 5.56 Å². The number of aromatic amines is 1. The molecule has 4 rings (SSSR count). The first-order chi connectivity index (χ1) is 17.6. The number of aromatic nitrogens is 1. The maximum atomic E-state index is 13.4. The summed E-state index contributed by atoms with van der Waals surface area (Å²) in [5.41, 5.74) is -1.38. The number of nitrogens with zero attached hydrogens (tertiary/aromatic N) is 1. The van der Waals surface area contributed by atoms with E-state index in [4.69, 9.17) is 14.6 Å². The second-order valence-electron chi connectivity index (χ2n) is 8.26. The van der Waals surface area contributed by atoms with Crippen LogP contribution in [0.4, 0.5) is 28.4 Å². The number of fused-ring (bicyclic) bond motifs is 1. The molecule has 1 saturated heterocycles. The molecular formula is C24H22F3N3O7. The molecule has 1 fully saturated rings. The molecule has 3 aromatic rings. The number of aliphatic hydroxyl groups is 2. The van der Waals surface area contributed by atoms with Gasteiger partial charge in [-0.2, -0.15) is 13.2 Å². The Bertz CT molecular complexity index is 1380. The number of alkyl halides is 3. The number of anilines is 1. The molecule has 1 aliphatic heterocycles. The number of alkyl carbamates (subject to hydrolysis) is 1. The van der Waals surface area contributed by atoms with Gasteiger partial charge in [-0.15, -0.1) is 0 Å². The third-order valence-electron chi connectivity index (χ3n) is 5.63. The highest BCUT2D eigenvalue weighted by Gasteiger charge is 2.35. The molecule has 37 heavy (non-hydrogen) atoms. The highest BCUT2D eigenvalue weighted by Crippen LogP contribution is 2.36. The zero-order valence-electron chi connectivity index (χ0n) is 19.1. The Morgan fingerprint density at radius 2 is 1.97 bits per heavy atom. The van der Waals surface area contributed by atoms with Gasteiger partial charge in [0, 0.05) is 28.9 Å². The number of amides is 2. The van der Waals surface area contributed by atoms with Gasteiger partial charge >= 0.3 is 18.4 Å². The van der Waals surface area contributed by atoms with E-state index < -0.39 is 48.3 Å². The number of rotatable bonds is 7. The number of pyridine rings is 1. The third-order valence-corrected chi connectivity index (χ3v) is 5.63. The molecule has 196 valence electrons. The first-order valence-electron chi connectivity index (χ1n) is 11.1. The SMILES string of the molecule is O=C(NCC(O)CO)OC[C@@H]1CN(c2ccc3cc(-c4ccccc4C(F)(F)F)[nH]c(=O)c3c2)C(=O)O1. The largest absolute Gasteiger partial charge is 0.446 e. The number of benzene rings is 2. The average Bonchev–Trinajstić information content (AvgIpc) is 3.25. The molecule has 1 aromatic heterocycles. The third kappa shape index (κ3) is 5.84. The summed E-state index contributed by atoms with van der Waals surface area (Å²) < 4.78 is 50.4. The Hall–Kier alpha value is -4.10. The van der Waals surface area contributed by atoms with E-state index in [-0.39, 0.29) is 36.3 Å². The van der Waals surface area contributed by atoms with Crippen molar-refractivity contribution in [1.82, 2.24) is 10.3 Å². The molecule has 2 atom stereocenters. The highest BCUT2D eigenvalue weighted by atomic mass is 19.4. The Morgan fingerprint density at radius 1 is 1.22 bits per heavy atom. The van der Waals surface area contributed by atoms with Crippen molar-refractivity contribution in [3.8, 4) is 11.3 Å². The van der Waals surface area contributed by atoms with Crippen molar-refractivity contribution in [2.75, 3.05) is 31.2 Å². The Kier molecular flexibility index (Phi) is 7.36. The van der Waals surface area contributed by atoms with E-state index in [1.807, 2.05) is 0 Å². The molecule has 2 amide bonds. The van der Waals surface area contributed by atoms with Crippen molar-refractivity contribution >= 4 is 28.6 Å². The van der Waals surface area contributed by atoms with Gasteiger partial charge in [-0.05, 0) is 29.7 Å². The molecule has 13 heteroatoms. The van der Waals surface area contributed by atoms with Gasteiger partial charge in [0.2, 0.25) is 0 Å². The lowest BCUT2D eigenvalue weighted by molar-refractivity contribution is -0.137. The molecule has 0 bridgehead atoms. The number of hydrogen-bond donors (Lipinski definition) is 4. The molecule has 0 radical (unpaired) electrons. The lowest BCUT2D eigenvalue weighted by atomic mass is 10.0. The molecule has 1 aliphatic rings. The van der Waals surface area contributed by atoms with Crippen LogP contribution in [-0.4, -0.2) is 65.9 Å². The van der Waals surface area contributed by atoms with Crippen LogP contribution in [0.2, 0.25) is 0 Å². The zero-order valence-corrected chi connectivity index (χ0v) is 19.1. The summed E-state index contributed by atoms with van der Waals surface area (Å²) in [6.07, 6.45) is -8.17. The number of nitrogens with one attached hydrogen (secondary N) is 2. The van der Waals surface area contributed by atoms with Crippen molar-refractivity contribution < 1.29 is 42.4 Å². The fraction of sp³-hybridized carbons (Fsp3) is 0.292. The molecule has 2 heterocycles. The number of ether oxygens (including phenoxy) is 2. The lowest BCUT2D eigenvalue weighted by Gasteiger charge is -2.15. The quantitative estimate of drug-likeness (QED) is 0.375. The van der Waals surface area contributed by atoms with Crippen LogP contribution in [-0.2, 0) is 15.7 Å². The first kappa shape index (κ1) is 26.0. The number of hydrogen-bond acceptors (Lipinski definition) is 7. The van der Waals surface area contributed by atoms with Crippen molar-refractivity contribution in [1.29, 1.82) is 0 Å². The van der Waals surface area contributed by atoms with Gasteiger partial charge in [0.1, 0.15) is 6.61 Å². The van der Waals surface area contributed by atoms with Crippen LogP contribution < -0.4 is 15.8 Å². The molecule has 10 nitrogen and oxygen atoms in total. The standard InChI is InChI=1S/C24H22F3N3O7/c25-24(26,27)19-4-2-1-3-17(19)20-7-13-5-6-14(8-18(13)21(33)29-20)30-10-16(37-23(30)35)12-36-22(34)28-9-15(32)11-31/h1-8,15-16,31-32H,9-12H2,(H,28,34)(H,29,33)/t15?,16-/m0/s1. The van der Waals surface area contributed by atoms with Crippen LogP contribution in [0.3, 0.4) is 0 Å². The van der Waals surface area contributed by atoms with E-state index in [0.717, 1.165) is 6.07 Å². The summed E-state index contributed by atoms with van der Waals surface area (Å²) in [4.78, 5) is 40.5.